The van der Waals surface area contributed by atoms with Crippen LogP contribution in [0.3, 0.4) is 0 Å². The molecule has 2 aromatic carbocycles. The van der Waals surface area contributed by atoms with Gasteiger partial charge in [-0.05, 0) is 97.3 Å². The second kappa shape index (κ2) is 26.2. The second-order valence-corrected chi connectivity index (χ2v) is 19.2. The molecule has 2 fully saturated rings. The molecule has 61 heavy (non-hydrogen) atoms. The molecule has 0 spiro atoms. The molecule has 2 heterocycles. The molecule has 6 rings (SSSR count). The summed E-state index contributed by atoms with van der Waals surface area (Å²) in [5, 5.41) is 0. The molecule has 0 aliphatic heterocycles. The van der Waals surface area contributed by atoms with Gasteiger partial charge in [-0.15, -0.1) is 0 Å². The monoisotopic (exact) mass is 827 g/mol. The molecule has 2 aliphatic carbocycles. The molecule has 5 heteroatoms. The Balaban J connectivity index is 1.21. The van der Waals surface area contributed by atoms with E-state index in [1.807, 2.05) is 24.8 Å². The van der Waals surface area contributed by atoms with Crippen LogP contribution in [0.1, 0.15) is 216 Å². The van der Waals surface area contributed by atoms with E-state index in [2.05, 4.69) is 76.2 Å². The largest absolute Gasteiger partial charge is 0.365 e. The van der Waals surface area contributed by atoms with Crippen LogP contribution < -0.4 is 0 Å². The zero-order valence-corrected chi connectivity index (χ0v) is 39.0. The Hall–Kier alpha value is -3.44. The molecule has 2 saturated carbocycles. The van der Waals surface area contributed by atoms with Gasteiger partial charge in [0.15, 0.2) is 11.6 Å². The maximum Gasteiger partial charge on any atom is 0.159 e. The summed E-state index contributed by atoms with van der Waals surface area (Å²) in [6, 6.07) is 18.3. The Morgan fingerprint density at radius 2 is 0.770 bits per heavy atom. The fraction of sp³-hybridized carbons (Fsp3) is 0.643. The van der Waals surface area contributed by atoms with Gasteiger partial charge in [0.1, 0.15) is 0 Å². The lowest BCUT2D eigenvalue weighted by Crippen LogP contribution is -2.28. The maximum absolute atomic E-state index is 7.72. The highest BCUT2D eigenvalue weighted by molar-refractivity contribution is 5.56. The first-order valence-corrected chi connectivity index (χ1v) is 25.6. The number of unbranched alkanes of at least 4 members (excludes halogenated alkanes) is 10. The molecule has 4 aromatic rings. The molecule has 0 bridgehead atoms. The molecule has 2 unspecified atom stereocenters. The van der Waals surface area contributed by atoms with Crippen molar-refractivity contribution in [2.24, 2.45) is 23.7 Å². The van der Waals surface area contributed by atoms with Crippen molar-refractivity contribution in [3.8, 4) is 22.8 Å². The van der Waals surface area contributed by atoms with E-state index in [1.54, 1.807) is 0 Å². The molecular weight excluding hydrogens is 745 g/mol. The Kier molecular flexibility index (Phi) is 20.2. The lowest BCUT2D eigenvalue weighted by Gasteiger charge is -2.40. The first-order chi connectivity index (χ1) is 30.1. The van der Waals surface area contributed by atoms with Gasteiger partial charge < -0.3 is 4.74 Å². The molecule has 0 saturated heterocycles. The number of rotatable bonds is 26. The normalized spacial score (nSPS) is 20.4. The van der Waals surface area contributed by atoms with Crippen molar-refractivity contribution in [2.45, 2.75) is 207 Å². The van der Waals surface area contributed by atoms with E-state index in [1.165, 1.54) is 176 Å². The van der Waals surface area contributed by atoms with Gasteiger partial charge in [-0.3, -0.25) is 0 Å². The molecule has 2 aliphatic rings. The minimum absolute atomic E-state index is 0.0533. The SMILES string of the molecule is CCCCCCCc1cnc(-c2ccc(C(OC(c3ccc(-c4ncc(CCCCCCC)cn4)cc3)C3CCC(CCCC)CC3)C3CCC(CCCC)CC3)cc2)nc1. The van der Waals surface area contributed by atoms with Crippen LogP contribution in [0.15, 0.2) is 73.3 Å². The number of benzene rings is 2. The first kappa shape index (κ1) is 47.0. The third-order valence-electron chi connectivity index (χ3n) is 14.4. The van der Waals surface area contributed by atoms with E-state index in [0.717, 1.165) is 47.5 Å². The molecular formula is C56H82N4O. The van der Waals surface area contributed by atoms with Crippen LogP contribution in [-0.4, -0.2) is 19.9 Å². The summed E-state index contributed by atoms with van der Waals surface area (Å²) >= 11 is 0. The highest BCUT2D eigenvalue weighted by Crippen LogP contribution is 2.47. The molecule has 2 atom stereocenters. The Morgan fingerprint density at radius 1 is 0.426 bits per heavy atom. The summed E-state index contributed by atoms with van der Waals surface area (Å²) in [4.78, 5) is 19.3. The zero-order chi connectivity index (χ0) is 42.5. The topological polar surface area (TPSA) is 60.8 Å². The predicted octanol–water partition coefficient (Wildman–Crippen LogP) is 16.4. The highest BCUT2D eigenvalue weighted by Gasteiger charge is 2.36. The Bertz CT molecular complexity index is 1610. The number of nitrogens with zero attached hydrogens (tertiary/aromatic N) is 4. The van der Waals surface area contributed by atoms with Crippen molar-refractivity contribution in [2.75, 3.05) is 0 Å². The van der Waals surface area contributed by atoms with Crippen molar-refractivity contribution in [3.63, 3.8) is 0 Å². The standard InChI is InChI=1S/C56H82N4O/c1-5-9-13-15-17-21-45-39-57-55(58-40-45)51-35-31-49(32-36-51)53(47-27-23-43(24-28-47)19-11-7-3)61-54(48-29-25-44(26-30-48)20-12-8-4)50-33-37-52(38-34-50)56-59-41-46(42-60-56)22-18-16-14-10-6-2/h31-44,47-48,53-54H,5-30H2,1-4H3. The first-order valence-electron chi connectivity index (χ1n) is 25.6. The van der Waals surface area contributed by atoms with Crippen LogP contribution in [-0.2, 0) is 17.6 Å². The summed E-state index contributed by atoms with van der Waals surface area (Å²) in [5.74, 6) is 4.37. The van der Waals surface area contributed by atoms with Crippen LogP contribution in [0.4, 0.5) is 0 Å². The van der Waals surface area contributed by atoms with Crippen LogP contribution >= 0.6 is 0 Å². The van der Waals surface area contributed by atoms with Gasteiger partial charge in [-0.25, -0.2) is 19.9 Å². The average molecular weight is 827 g/mol. The molecule has 0 radical (unpaired) electrons. The van der Waals surface area contributed by atoms with Crippen molar-refractivity contribution >= 4 is 0 Å². The van der Waals surface area contributed by atoms with E-state index in [4.69, 9.17) is 24.7 Å². The number of aromatic nitrogens is 4. The summed E-state index contributed by atoms with van der Waals surface area (Å²) in [6.45, 7) is 9.21. The lowest BCUT2D eigenvalue weighted by atomic mass is 9.74. The molecule has 0 N–H and O–H groups in total. The summed E-state index contributed by atoms with van der Waals surface area (Å²) in [6.07, 6.45) is 41.6. The summed E-state index contributed by atoms with van der Waals surface area (Å²) < 4.78 is 7.72. The van der Waals surface area contributed by atoms with E-state index >= 15 is 0 Å². The van der Waals surface area contributed by atoms with Crippen LogP contribution in [0.2, 0.25) is 0 Å². The fourth-order valence-corrected chi connectivity index (χ4v) is 10.4. The number of ether oxygens (including phenoxy) is 1. The van der Waals surface area contributed by atoms with E-state index in [-0.39, 0.29) is 12.2 Å². The van der Waals surface area contributed by atoms with E-state index < -0.39 is 0 Å². The van der Waals surface area contributed by atoms with Gasteiger partial charge in [0.2, 0.25) is 0 Å². The molecule has 2 aromatic heterocycles. The lowest BCUT2D eigenvalue weighted by molar-refractivity contribution is -0.0907. The van der Waals surface area contributed by atoms with Crippen LogP contribution in [0.5, 0.6) is 0 Å². The van der Waals surface area contributed by atoms with Gasteiger partial charge in [-0.2, -0.15) is 0 Å². The van der Waals surface area contributed by atoms with Gasteiger partial charge in [0.25, 0.3) is 0 Å². The van der Waals surface area contributed by atoms with E-state index in [0.29, 0.717) is 11.8 Å². The third-order valence-corrected chi connectivity index (χ3v) is 14.4. The number of aryl methyl sites for hydroxylation is 2. The molecule has 0 amide bonds. The van der Waals surface area contributed by atoms with E-state index in [9.17, 15) is 0 Å². The Labute approximate surface area is 372 Å². The van der Waals surface area contributed by atoms with Gasteiger partial charge in [0.05, 0.1) is 12.2 Å². The summed E-state index contributed by atoms with van der Waals surface area (Å²) in [5.41, 5.74) is 7.27. The third kappa shape index (κ3) is 14.8. The minimum Gasteiger partial charge on any atom is -0.365 e. The summed E-state index contributed by atoms with van der Waals surface area (Å²) in [7, 11) is 0. The minimum atomic E-state index is 0.0533. The van der Waals surface area contributed by atoms with Crippen molar-refractivity contribution in [1.82, 2.24) is 19.9 Å². The second-order valence-electron chi connectivity index (χ2n) is 19.2. The zero-order valence-electron chi connectivity index (χ0n) is 39.0. The smallest absolute Gasteiger partial charge is 0.159 e. The van der Waals surface area contributed by atoms with Gasteiger partial charge in [0, 0.05) is 35.9 Å². The van der Waals surface area contributed by atoms with Crippen LogP contribution in [0, 0.1) is 23.7 Å². The highest BCUT2D eigenvalue weighted by atomic mass is 16.5. The predicted molar refractivity (Wildman–Crippen MR) is 256 cm³/mol. The maximum atomic E-state index is 7.72. The van der Waals surface area contributed by atoms with Gasteiger partial charge in [-0.1, -0.05) is 192 Å². The van der Waals surface area contributed by atoms with Gasteiger partial charge >= 0.3 is 0 Å². The van der Waals surface area contributed by atoms with Crippen molar-refractivity contribution in [3.05, 3.63) is 95.6 Å². The fourth-order valence-electron chi connectivity index (χ4n) is 10.4. The Morgan fingerprint density at radius 3 is 1.11 bits per heavy atom. The average Bonchev–Trinajstić information content (AvgIpc) is 3.31. The van der Waals surface area contributed by atoms with Crippen molar-refractivity contribution in [1.29, 1.82) is 0 Å². The molecule has 5 nitrogen and oxygen atoms in total. The molecule has 332 valence electrons. The number of hydrogen-bond acceptors (Lipinski definition) is 5. The van der Waals surface area contributed by atoms with Crippen molar-refractivity contribution < 1.29 is 4.74 Å². The quantitative estimate of drug-likeness (QED) is 0.0590. The number of hydrogen-bond donors (Lipinski definition) is 0. The van der Waals surface area contributed by atoms with Crippen LogP contribution in [0.25, 0.3) is 22.8 Å².